The molecule has 3 rings (SSSR count). The number of alkyl halides is 3. The molecule has 0 aliphatic rings. The summed E-state index contributed by atoms with van der Waals surface area (Å²) in [6.45, 7) is 4.09. The maximum Gasteiger partial charge on any atom is 0.416 e. The Balaban J connectivity index is 1.63. The summed E-state index contributed by atoms with van der Waals surface area (Å²) >= 11 is 7.17. The second-order valence-electron chi connectivity index (χ2n) is 7.18. The molecule has 0 fully saturated rings. The molecule has 2 aromatic carbocycles. The molecule has 0 aliphatic carbocycles. The number of carbonyl (C=O) groups excluding carboxylic acids is 2. The Morgan fingerprint density at radius 2 is 1.88 bits per heavy atom. The molecule has 12 heteroatoms. The van der Waals surface area contributed by atoms with Crippen LogP contribution in [-0.2, 0) is 17.5 Å². The summed E-state index contributed by atoms with van der Waals surface area (Å²) in [5.41, 5.74) is -0.463. The van der Waals surface area contributed by atoms with Crippen LogP contribution in [-0.4, -0.2) is 32.3 Å². The quantitative estimate of drug-likeness (QED) is 0.406. The molecule has 0 unspecified atom stereocenters. The third kappa shape index (κ3) is 6.29. The average Bonchev–Trinajstić information content (AvgIpc) is 3.20. The van der Waals surface area contributed by atoms with E-state index in [1.807, 2.05) is 6.92 Å². The first-order valence-corrected chi connectivity index (χ1v) is 11.5. The molecule has 0 bridgehead atoms. The van der Waals surface area contributed by atoms with Gasteiger partial charge in [0, 0.05) is 12.2 Å². The van der Waals surface area contributed by atoms with E-state index >= 15 is 0 Å². The summed E-state index contributed by atoms with van der Waals surface area (Å²) in [6.07, 6.45) is -4.50. The van der Waals surface area contributed by atoms with Gasteiger partial charge in [-0.15, -0.1) is 10.2 Å². The highest BCUT2D eigenvalue weighted by atomic mass is 35.5. The van der Waals surface area contributed by atoms with Gasteiger partial charge in [0.05, 0.1) is 27.9 Å². The van der Waals surface area contributed by atoms with Crippen molar-refractivity contribution in [2.45, 2.75) is 37.8 Å². The van der Waals surface area contributed by atoms with E-state index in [0.717, 1.165) is 23.9 Å². The van der Waals surface area contributed by atoms with E-state index < -0.39 is 23.7 Å². The van der Waals surface area contributed by atoms with Gasteiger partial charge in [0.15, 0.2) is 11.0 Å². The highest BCUT2D eigenvalue weighted by molar-refractivity contribution is 7.99. The van der Waals surface area contributed by atoms with Crippen LogP contribution in [0.15, 0.2) is 53.7 Å². The minimum atomic E-state index is -4.50. The van der Waals surface area contributed by atoms with Crippen molar-refractivity contribution in [1.82, 2.24) is 20.1 Å². The average molecular weight is 512 g/mol. The maximum absolute atomic E-state index is 12.9. The van der Waals surface area contributed by atoms with E-state index in [-0.39, 0.29) is 17.3 Å². The van der Waals surface area contributed by atoms with Crippen molar-refractivity contribution in [1.29, 1.82) is 0 Å². The van der Waals surface area contributed by atoms with Crippen LogP contribution >= 0.6 is 23.4 Å². The van der Waals surface area contributed by atoms with E-state index in [4.69, 9.17) is 11.6 Å². The van der Waals surface area contributed by atoms with Gasteiger partial charge in [-0.25, -0.2) is 0 Å². The number of nitrogens with zero attached hydrogens (tertiary/aromatic N) is 3. The number of nitrogens with one attached hydrogen (secondary N) is 2. The molecule has 3 aromatic rings. The summed E-state index contributed by atoms with van der Waals surface area (Å²) < 4.78 is 40.3. The van der Waals surface area contributed by atoms with Crippen molar-refractivity contribution in [3.8, 4) is 0 Å². The number of aromatic nitrogens is 3. The van der Waals surface area contributed by atoms with Gasteiger partial charge in [0.2, 0.25) is 5.91 Å². The van der Waals surface area contributed by atoms with Gasteiger partial charge in [0.1, 0.15) is 0 Å². The molecular weight excluding hydrogens is 491 g/mol. The molecular formula is C22H21ClF3N5O2S. The van der Waals surface area contributed by atoms with Crippen molar-refractivity contribution in [3.05, 3.63) is 70.5 Å². The van der Waals surface area contributed by atoms with Crippen LogP contribution in [0.25, 0.3) is 0 Å². The molecule has 0 spiro atoms. The fourth-order valence-corrected chi connectivity index (χ4v) is 4.14. The molecule has 0 aliphatic heterocycles. The van der Waals surface area contributed by atoms with Gasteiger partial charge < -0.3 is 15.2 Å². The monoisotopic (exact) mass is 511 g/mol. The van der Waals surface area contributed by atoms with E-state index in [9.17, 15) is 22.8 Å². The lowest BCUT2D eigenvalue weighted by Gasteiger charge is -2.15. The number of benzene rings is 2. The summed E-state index contributed by atoms with van der Waals surface area (Å²) in [5.74, 6) is -0.451. The van der Waals surface area contributed by atoms with Gasteiger partial charge in [-0.3, -0.25) is 9.59 Å². The number of thioether (sulfide) groups is 1. The van der Waals surface area contributed by atoms with Crippen LogP contribution in [0.2, 0.25) is 5.02 Å². The molecule has 1 aromatic heterocycles. The topological polar surface area (TPSA) is 88.9 Å². The van der Waals surface area contributed by atoms with Crippen LogP contribution in [0.3, 0.4) is 0 Å². The molecule has 7 nitrogen and oxygen atoms in total. The minimum absolute atomic E-state index is 0.0500. The predicted octanol–water partition coefficient (Wildman–Crippen LogP) is 5.19. The Labute approximate surface area is 203 Å². The zero-order valence-corrected chi connectivity index (χ0v) is 19.8. The maximum atomic E-state index is 12.9. The lowest BCUT2D eigenvalue weighted by molar-refractivity contribution is -0.137. The smallest absolute Gasteiger partial charge is 0.342 e. The number of halogens is 4. The van der Waals surface area contributed by atoms with E-state index in [2.05, 4.69) is 20.8 Å². The van der Waals surface area contributed by atoms with Crippen molar-refractivity contribution in [2.24, 2.45) is 0 Å². The molecule has 2 N–H and O–H groups in total. The predicted molar refractivity (Wildman–Crippen MR) is 124 cm³/mol. The summed E-state index contributed by atoms with van der Waals surface area (Å²) in [4.78, 5) is 24.8. The zero-order valence-electron chi connectivity index (χ0n) is 18.2. The van der Waals surface area contributed by atoms with E-state index in [0.29, 0.717) is 28.1 Å². The minimum Gasteiger partial charge on any atom is -0.342 e. The van der Waals surface area contributed by atoms with Gasteiger partial charge in [0.25, 0.3) is 5.91 Å². The zero-order chi connectivity index (χ0) is 24.9. The van der Waals surface area contributed by atoms with Crippen LogP contribution in [0.5, 0.6) is 0 Å². The van der Waals surface area contributed by atoms with E-state index in [1.165, 1.54) is 12.1 Å². The van der Waals surface area contributed by atoms with Crippen LogP contribution < -0.4 is 10.6 Å². The second-order valence-corrected chi connectivity index (χ2v) is 8.53. The highest BCUT2D eigenvalue weighted by Crippen LogP contribution is 2.30. The van der Waals surface area contributed by atoms with Crippen molar-refractivity contribution >= 4 is 40.9 Å². The normalized spacial score (nSPS) is 12.3. The first-order chi connectivity index (χ1) is 16.1. The molecule has 1 atom stereocenters. The number of amides is 2. The van der Waals surface area contributed by atoms with Crippen LogP contribution in [0.4, 0.5) is 18.9 Å². The number of anilines is 1. The second kappa shape index (κ2) is 10.9. The van der Waals surface area contributed by atoms with Gasteiger partial charge >= 0.3 is 6.18 Å². The lowest BCUT2D eigenvalue weighted by atomic mass is 10.2. The van der Waals surface area contributed by atoms with Gasteiger partial charge in [-0.05, 0) is 44.2 Å². The molecule has 0 saturated heterocycles. The van der Waals surface area contributed by atoms with Crippen molar-refractivity contribution in [3.63, 3.8) is 0 Å². The molecule has 0 radical (unpaired) electrons. The Hall–Kier alpha value is -3.05. The standard InChI is InChI=1S/C22H21ClF3N5O2S/c1-3-31-19(13(2)27-20(33)16-9-4-5-10-17(16)23)29-30-21(31)34-12-18(32)28-15-8-6-7-14(11-15)22(24,25)26/h4-11,13H,3,12H2,1-2H3,(H,27,33)(H,28,32)/t13-/m0/s1. The number of hydrogen-bond donors (Lipinski definition) is 2. The molecule has 180 valence electrons. The first-order valence-electron chi connectivity index (χ1n) is 10.2. The Bertz CT molecular complexity index is 1190. The highest BCUT2D eigenvalue weighted by Gasteiger charge is 2.30. The third-order valence-corrected chi connectivity index (χ3v) is 6.02. The SMILES string of the molecule is CCn1c(SCC(=O)Nc2cccc(C(F)(F)F)c2)nnc1[C@H](C)NC(=O)c1ccccc1Cl. The van der Waals surface area contributed by atoms with Crippen LogP contribution in [0.1, 0.15) is 41.6 Å². The summed E-state index contributed by atoms with van der Waals surface area (Å²) in [6, 6.07) is 10.6. The van der Waals surface area contributed by atoms with Gasteiger partial charge in [-0.1, -0.05) is 41.6 Å². The molecule has 1 heterocycles. The van der Waals surface area contributed by atoms with Crippen molar-refractivity contribution < 1.29 is 22.8 Å². The fourth-order valence-electron chi connectivity index (χ4n) is 3.11. The molecule has 34 heavy (non-hydrogen) atoms. The number of carbonyl (C=O) groups is 2. The number of rotatable bonds is 8. The van der Waals surface area contributed by atoms with Gasteiger partial charge in [-0.2, -0.15) is 13.2 Å². The van der Waals surface area contributed by atoms with E-state index in [1.54, 1.807) is 35.8 Å². The Morgan fingerprint density at radius 3 is 2.56 bits per heavy atom. The lowest BCUT2D eigenvalue weighted by Crippen LogP contribution is -2.29. The summed E-state index contributed by atoms with van der Waals surface area (Å²) in [5, 5.41) is 14.3. The fraction of sp³-hybridized carbons (Fsp3) is 0.273. The largest absolute Gasteiger partial charge is 0.416 e. The Kier molecular flexibility index (Phi) is 8.21. The van der Waals surface area contributed by atoms with Crippen molar-refractivity contribution in [2.75, 3.05) is 11.1 Å². The molecule has 2 amide bonds. The number of hydrogen-bond acceptors (Lipinski definition) is 5. The first kappa shape index (κ1) is 25.6. The summed E-state index contributed by atoms with van der Waals surface area (Å²) in [7, 11) is 0. The third-order valence-electron chi connectivity index (χ3n) is 4.72. The van der Waals surface area contributed by atoms with Crippen LogP contribution in [0, 0.1) is 0 Å². The Morgan fingerprint density at radius 1 is 1.15 bits per heavy atom. The molecule has 0 saturated carbocycles.